The van der Waals surface area contributed by atoms with E-state index in [2.05, 4.69) is 36.2 Å². The Morgan fingerprint density at radius 2 is 1.62 bits per heavy atom. The van der Waals surface area contributed by atoms with Crippen molar-refractivity contribution in [1.29, 1.82) is 0 Å². The van der Waals surface area contributed by atoms with E-state index in [-0.39, 0.29) is 23.1 Å². The second-order valence-electron chi connectivity index (χ2n) is 10.4. The maximum absolute atomic E-state index is 12.9. The summed E-state index contributed by atoms with van der Waals surface area (Å²) < 4.78 is 5.93. The number of piperidine rings is 1. The summed E-state index contributed by atoms with van der Waals surface area (Å²) in [6.07, 6.45) is 0.800. The first-order valence-electron chi connectivity index (χ1n) is 12.2. The first kappa shape index (κ1) is 25.8. The molecule has 1 atom stereocenters. The third-order valence-corrected chi connectivity index (χ3v) is 6.28. The maximum atomic E-state index is 12.9. The molecule has 2 amide bonds. The highest BCUT2D eigenvalue weighted by Gasteiger charge is 2.31. The second kappa shape index (κ2) is 11.5. The van der Waals surface area contributed by atoms with Crippen LogP contribution < -0.4 is 10.1 Å². The summed E-state index contributed by atoms with van der Waals surface area (Å²) in [5.41, 5.74) is 2.27. The topological polar surface area (TPSA) is 61.9 Å². The van der Waals surface area contributed by atoms with E-state index in [1.807, 2.05) is 61.5 Å². The Labute approximate surface area is 204 Å². The molecule has 1 saturated heterocycles. The van der Waals surface area contributed by atoms with Crippen molar-refractivity contribution in [2.45, 2.75) is 39.7 Å². The summed E-state index contributed by atoms with van der Waals surface area (Å²) in [5.74, 6) is 0.705. The fraction of sp³-hybridized carbons (Fsp3) is 0.500. The van der Waals surface area contributed by atoms with Crippen LogP contribution in [0.4, 0.5) is 0 Å². The maximum Gasteiger partial charge on any atom is 0.263 e. The van der Waals surface area contributed by atoms with Gasteiger partial charge in [0.2, 0.25) is 5.91 Å². The average Bonchev–Trinajstić information content (AvgIpc) is 2.82. The highest BCUT2D eigenvalue weighted by molar-refractivity contribution is 5.82. The number of ether oxygens (including phenoxy) is 1. The summed E-state index contributed by atoms with van der Waals surface area (Å²) in [4.78, 5) is 29.5. The molecule has 6 heteroatoms. The van der Waals surface area contributed by atoms with Crippen molar-refractivity contribution in [3.05, 3.63) is 54.6 Å². The molecule has 184 valence electrons. The van der Waals surface area contributed by atoms with Crippen LogP contribution in [-0.2, 0) is 9.59 Å². The summed E-state index contributed by atoms with van der Waals surface area (Å²) in [6, 6.07) is 18.0. The monoisotopic (exact) mass is 465 g/mol. The molecule has 3 rings (SSSR count). The quantitative estimate of drug-likeness (QED) is 0.607. The van der Waals surface area contributed by atoms with E-state index in [1.165, 1.54) is 0 Å². The number of nitrogens with zero attached hydrogens (tertiary/aromatic N) is 2. The van der Waals surface area contributed by atoms with Gasteiger partial charge in [-0.1, -0.05) is 56.3 Å². The normalized spacial score (nSPS) is 15.8. The Kier molecular flexibility index (Phi) is 8.72. The number of hydrogen-bond donors (Lipinski definition) is 1. The standard InChI is InChI=1S/C28H39N3O3/c1-21(34-25-13-11-23(12-14-25)22-9-7-6-8-10-22)27(33)31-17-15-24(16-18-31)26(32)29-19-28(2,3)20-30(4)5/h6-14,21,24H,15-20H2,1-5H3,(H,29,32). The van der Waals surface area contributed by atoms with Gasteiger partial charge in [0.05, 0.1) is 0 Å². The van der Waals surface area contributed by atoms with Gasteiger partial charge in [-0.05, 0) is 62.5 Å². The van der Waals surface area contributed by atoms with Gasteiger partial charge in [-0.25, -0.2) is 0 Å². The zero-order valence-corrected chi connectivity index (χ0v) is 21.2. The van der Waals surface area contributed by atoms with Crippen LogP contribution in [0, 0.1) is 11.3 Å². The van der Waals surface area contributed by atoms with Crippen LogP contribution in [0.1, 0.15) is 33.6 Å². The third kappa shape index (κ3) is 7.32. The molecule has 1 fully saturated rings. The van der Waals surface area contributed by atoms with Crippen molar-refractivity contribution in [3.63, 3.8) is 0 Å². The number of hydrogen-bond acceptors (Lipinski definition) is 4. The summed E-state index contributed by atoms with van der Waals surface area (Å²) >= 11 is 0. The van der Waals surface area contributed by atoms with Gasteiger partial charge in [0.25, 0.3) is 5.91 Å². The lowest BCUT2D eigenvalue weighted by atomic mass is 9.91. The molecule has 1 heterocycles. The zero-order chi connectivity index (χ0) is 24.7. The van der Waals surface area contributed by atoms with Crippen molar-refractivity contribution in [2.75, 3.05) is 40.3 Å². The molecule has 1 aliphatic heterocycles. The van der Waals surface area contributed by atoms with Gasteiger partial charge in [-0.2, -0.15) is 0 Å². The Morgan fingerprint density at radius 3 is 2.21 bits per heavy atom. The number of amides is 2. The van der Waals surface area contributed by atoms with E-state index < -0.39 is 6.10 Å². The minimum absolute atomic E-state index is 0.0158. The molecule has 34 heavy (non-hydrogen) atoms. The Hall–Kier alpha value is -2.86. The molecule has 2 aromatic carbocycles. The number of benzene rings is 2. The van der Waals surface area contributed by atoms with Crippen molar-refractivity contribution < 1.29 is 14.3 Å². The molecule has 1 N–H and O–H groups in total. The van der Waals surface area contributed by atoms with Gasteiger partial charge >= 0.3 is 0 Å². The molecule has 1 aliphatic rings. The van der Waals surface area contributed by atoms with E-state index in [0.29, 0.717) is 38.2 Å². The number of rotatable bonds is 9. The van der Waals surface area contributed by atoms with Crippen molar-refractivity contribution >= 4 is 11.8 Å². The molecule has 0 spiro atoms. The van der Waals surface area contributed by atoms with Crippen LogP contribution >= 0.6 is 0 Å². The highest BCUT2D eigenvalue weighted by Crippen LogP contribution is 2.24. The fourth-order valence-electron chi connectivity index (χ4n) is 4.61. The molecule has 0 bridgehead atoms. The average molecular weight is 466 g/mol. The van der Waals surface area contributed by atoms with Crippen LogP contribution in [0.25, 0.3) is 11.1 Å². The number of likely N-dealkylation sites (tertiary alicyclic amines) is 1. The van der Waals surface area contributed by atoms with Crippen molar-refractivity contribution in [3.8, 4) is 16.9 Å². The number of carbonyl (C=O) groups excluding carboxylic acids is 2. The molecular formula is C28H39N3O3. The molecule has 0 aliphatic carbocycles. The summed E-state index contributed by atoms with van der Waals surface area (Å²) in [7, 11) is 4.08. The van der Waals surface area contributed by atoms with Gasteiger partial charge < -0.3 is 19.9 Å². The Morgan fingerprint density at radius 1 is 1.03 bits per heavy atom. The molecule has 6 nitrogen and oxygen atoms in total. The number of nitrogens with one attached hydrogen (secondary N) is 1. The molecule has 2 aromatic rings. The number of carbonyl (C=O) groups is 2. The molecule has 1 unspecified atom stereocenters. The smallest absolute Gasteiger partial charge is 0.263 e. The molecule has 0 saturated carbocycles. The minimum atomic E-state index is -0.570. The lowest BCUT2D eigenvalue weighted by molar-refractivity contribution is -0.141. The SMILES string of the molecule is CC(Oc1ccc(-c2ccccc2)cc1)C(=O)N1CCC(C(=O)NCC(C)(C)CN(C)C)CC1. The minimum Gasteiger partial charge on any atom is -0.481 e. The Balaban J connectivity index is 1.45. The van der Waals surface area contributed by atoms with Gasteiger partial charge in [-0.15, -0.1) is 0 Å². The van der Waals surface area contributed by atoms with Gasteiger partial charge in [-0.3, -0.25) is 9.59 Å². The largest absolute Gasteiger partial charge is 0.481 e. The van der Waals surface area contributed by atoms with Gasteiger partial charge in [0, 0.05) is 32.1 Å². The molecular weight excluding hydrogens is 426 g/mol. The first-order valence-corrected chi connectivity index (χ1v) is 12.2. The van der Waals surface area contributed by atoms with Crippen LogP contribution in [0.2, 0.25) is 0 Å². The van der Waals surface area contributed by atoms with E-state index in [0.717, 1.165) is 17.7 Å². The predicted octanol–water partition coefficient (Wildman–Crippen LogP) is 4.06. The van der Waals surface area contributed by atoms with Crippen molar-refractivity contribution in [1.82, 2.24) is 15.1 Å². The van der Waals surface area contributed by atoms with Crippen molar-refractivity contribution in [2.24, 2.45) is 11.3 Å². The van der Waals surface area contributed by atoms with E-state index in [4.69, 9.17) is 4.74 Å². The lowest BCUT2D eigenvalue weighted by Gasteiger charge is -2.34. The zero-order valence-electron chi connectivity index (χ0n) is 21.2. The van der Waals surface area contributed by atoms with Gasteiger partial charge in [0.1, 0.15) is 5.75 Å². The van der Waals surface area contributed by atoms with Crippen LogP contribution in [0.3, 0.4) is 0 Å². The van der Waals surface area contributed by atoms with E-state index in [9.17, 15) is 9.59 Å². The highest BCUT2D eigenvalue weighted by atomic mass is 16.5. The molecule has 0 aromatic heterocycles. The van der Waals surface area contributed by atoms with Gasteiger partial charge in [0.15, 0.2) is 6.10 Å². The summed E-state index contributed by atoms with van der Waals surface area (Å²) in [6.45, 7) is 8.83. The van der Waals surface area contributed by atoms with Crippen LogP contribution in [0.15, 0.2) is 54.6 Å². The third-order valence-electron chi connectivity index (χ3n) is 6.28. The fourth-order valence-corrected chi connectivity index (χ4v) is 4.61. The first-order chi connectivity index (χ1) is 16.1. The Bertz CT molecular complexity index is 933. The van der Waals surface area contributed by atoms with Crippen LogP contribution in [0.5, 0.6) is 5.75 Å². The van der Waals surface area contributed by atoms with E-state index in [1.54, 1.807) is 6.92 Å². The second-order valence-corrected chi connectivity index (χ2v) is 10.4. The van der Waals surface area contributed by atoms with E-state index >= 15 is 0 Å². The predicted molar refractivity (Wildman–Crippen MR) is 137 cm³/mol. The van der Waals surface area contributed by atoms with Crippen LogP contribution in [-0.4, -0.2) is 68.0 Å². The lowest BCUT2D eigenvalue weighted by Crippen LogP contribution is -2.48. The summed E-state index contributed by atoms with van der Waals surface area (Å²) in [5, 5.41) is 3.12. The molecule has 0 radical (unpaired) electrons.